The molecule has 10 heavy (non-hydrogen) atoms. The number of piperidine rings is 1. The van der Waals surface area contributed by atoms with Crippen LogP contribution >= 0.6 is 22.6 Å². The summed E-state index contributed by atoms with van der Waals surface area (Å²) in [4.78, 5) is 2.60. The van der Waals surface area contributed by atoms with Crippen LogP contribution in [-0.4, -0.2) is 22.0 Å². The van der Waals surface area contributed by atoms with Gasteiger partial charge in [-0.15, -0.1) is 0 Å². The lowest BCUT2D eigenvalue weighted by molar-refractivity contribution is 0.219. The topological polar surface area (TPSA) is 3.24 Å². The minimum absolute atomic E-state index is 0.790. The van der Waals surface area contributed by atoms with Crippen molar-refractivity contribution in [2.24, 2.45) is 0 Å². The van der Waals surface area contributed by atoms with E-state index in [1.54, 1.807) is 0 Å². The van der Waals surface area contributed by atoms with Crippen molar-refractivity contribution in [2.45, 2.75) is 36.7 Å². The number of rotatable bonds is 2. The molecular weight excluding hydrogens is 237 g/mol. The number of hydrogen-bond acceptors (Lipinski definition) is 1. The van der Waals surface area contributed by atoms with Gasteiger partial charge in [0, 0.05) is 0 Å². The van der Waals surface area contributed by atoms with Crippen molar-refractivity contribution in [3.8, 4) is 0 Å². The van der Waals surface area contributed by atoms with E-state index >= 15 is 0 Å². The first-order chi connectivity index (χ1) is 4.84. The third-order valence-electron chi connectivity index (χ3n) is 2.12. The molecule has 0 N–H and O–H groups in total. The molecule has 0 aromatic carbocycles. The molecule has 0 spiro atoms. The van der Waals surface area contributed by atoms with Crippen molar-refractivity contribution in [1.82, 2.24) is 4.90 Å². The summed E-state index contributed by atoms with van der Waals surface area (Å²) in [6, 6.07) is 0. The molecule has 0 bridgehead atoms. The van der Waals surface area contributed by atoms with Crippen LogP contribution in [-0.2, 0) is 0 Å². The highest BCUT2D eigenvalue weighted by atomic mass is 127. The highest BCUT2D eigenvalue weighted by Gasteiger charge is 2.15. The molecule has 1 fully saturated rings. The number of halogens is 1. The number of hydrogen-bond donors (Lipinski definition) is 0. The molecule has 1 heterocycles. The summed E-state index contributed by atoms with van der Waals surface area (Å²) in [7, 11) is 0. The van der Waals surface area contributed by atoms with Gasteiger partial charge in [0.25, 0.3) is 0 Å². The van der Waals surface area contributed by atoms with Crippen molar-refractivity contribution < 1.29 is 0 Å². The van der Waals surface area contributed by atoms with E-state index in [-0.39, 0.29) is 0 Å². The zero-order valence-corrected chi connectivity index (χ0v) is 8.80. The van der Waals surface area contributed by atoms with Gasteiger partial charge >= 0.3 is 0 Å². The molecule has 0 radical (unpaired) electrons. The molecule has 1 nitrogen and oxygen atoms in total. The van der Waals surface area contributed by atoms with Gasteiger partial charge in [-0.1, -0.05) is 35.9 Å². The van der Waals surface area contributed by atoms with Crippen molar-refractivity contribution in [2.75, 3.05) is 13.1 Å². The zero-order valence-electron chi connectivity index (χ0n) is 6.65. The minimum atomic E-state index is 0.790. The molecule has 1 unspecified atom stereocenters. The maximum atomic E-state index is 2.60. The van der Waals surface area contributed by atoms with E-state index in [0.717, 1.165) is 4.05 Å². The van der Waals surface area contributed by atoms with Gasteiger partial charge < -0.3 is 0 Å². The van der Waals surface area contributed by atoms with Crippen molar-refractivity contribution in [1.29, 1.82) is 0 Å². The normalized spacial score (nSPS) is 24.6. The van der Waals surface area contributed by atoms with Gasteiger partial charge in [0.05, 0.1) is 4.05 Å². The summed E-state index contributed by atoms with van der Waals surface area (Å²) < 4.78 is 0.790. The Kier molecular flexibility index (Phi) is 3.99. The van der Waals surface area contributed by atoms with Gasteiger partial charge in [-0.05, 0) is 32.4 Å². The van der Waals surface area contributed by atoms with E-state index in [2.05, 4.69) is 34.4 Å². The fraction of sp³-hybridized carbons (Fsp3) is 1.00. The fourth-order valence-corrected chi connectivity index (χ4v) is 2.01. The predicted molar refractivity (Wildman–Crippen MR) is 53.5 cm³/mol. The zero-order chi connectivity index (χ0) is 7.40. The van der Waals surface area contributed by atoms with Crippen LogP contribution in [0.1, 0.15) is 32.6 Å². The Morgan fingerprint density at radius 2 is 1.90 bits per heavy atom. The Hall–Kier alpha value is 0.690. The molecule has 0 aromatic rings. The molecule has 2 heteroatoms. The standard InChI is InChI=1S/C8H16IN/c1-2-8(9)10-6-4-3-5-7-10/h8H,2-7H2,1H3. The van der Waals surface area contributed by atoms with Crippen LogP contribution in [0.15, 0.2) is 0 Å². The summed E-state index contributed by atoms with van der Waals surface area (Å²) in [6.07, 6.45) is 5.57. The monoisotopic (exact) mass is 253 g/mol. The molecule has 1 atom stereocenters. The summed E-state index contributed by atoms with van der Waals surface area (Å²) in [5.74, 6) is 0. The molecule has 1 rings (SSSR count). The average molecular weight is 253 g/mol. The Labute approximate surface area is 77.3 Å². The fourth-order valence-electron chi connectivity index (χ4n) is 1.46. The highest BCUT2D eigenvalue weighted by Crippen LogP contribution is 2.17. The first-order valence-corrected chi connectivity index (χ1v) is 5.47. The van der Waals surface area contributed by atoms with Gasteiger partial charge in [-0.25, -0.2) is 0 Å². The van der Waals surface area contributed by atoms with Gasteiger partial charge in [-0.2, -0.15) is 0 Å². The van der Waals surface area contributed by atoms with Crippen LogP contribution in [0, 0.1) is 0 Å². The molecule has 1 aliphatic heterocycles. The molecular formula is C8H16IN. The van der Waals surface area contributed by atoms with Gasteiger partial charge in [0.2, 0.25) is 0 Å². The van der Waals surface area contributed by atoms with E-state index in [1.165, 1.54) is 38.8 Å². The van der Waals surface area contributed by atoms with Crippen molar-refractivity contribution in [3.63, 3.8) is 0 Å². The number of nitrogens with zero attached hydrogens (tertiary/aromatic N) is 1. The highest BCUT2D eigenvalue weighted by molar-refractivity contribution is 14.1. The summed E-state index contributed by atoms with van der Waals surface area (Å²) in [5, 5.41) is 0. The lowest BCUT2D eigenvalue weighted by Crippen LogP contribution is -2.35. The lowest BCUT2D eigenvalue weighted by atomic mass is 10.1. The van der Waals surface area contributed by atoms with E-state index in [4.69, 9.17) is 0 Å². The number of likely N-dealkylation sites (tertiary alicyclic amines) is 1. The molecule has 0 saturated carbocycles. The first kappa shape index (κ1) is 8.78. The van der Waals surface area contributed by atoms with Crippen LogP contribution < -0.4 is 0 Å². The second kappa shape index (κ2) is 4.54. The SMILES string of the molecule is CCC(I)N1CCCCC1. The average Bonchev–Trinajstić information content (AvgIpc) is 2.05. The Morgan fingerprint density at radius 3 is 2.40 bits per heavy atom. The summed E-state index contributed by atoms with van der Waals surface area (Å²) >= 11 is 2.55. The van der Waals surface area contributed by atoms with Gasteiger partial charge in [0.15, 0.2) is 0 Å². The van der Waals surface area contributed by atoms with Crippen LogP contribution in [0.3, 0.4) is 0 Å². The Balaban J connectivity index is 2.24. The maximum Gasteiger partial charge on any atom is 0.0615 e. The third-order valence-corrected chi connectivity index (χ3v) is 3.79. The number of alkyl halides is 1. The Morgan fingerprint density at radius 1 is 1.30 bits per heavy atom. The first-order valence-electron chi connectivity index (χ1n) is 4.22. The van der Waals surface area contributed by atoms with Crippen LogP contribution in [0.4, 0.5) is 0 Å². The van der Waals surface area contributed by atoms with Gasteiger partial charge in [-0.3, -0.25) is 4.90 Å². The van der Waals surface area contributed by atoms with E-state index in [9.17, 15) is 0 Å². The summed E-state index contributed by atoms with van der Waals surface area (Å²) in [5.41, 5.74) is 0. The Bertz CT molecular complexity index is 89.3. The van der Waals surface area contributed by atoms with Crippen LogP contribution in [0.25, 0.3) is 0 Å². The quantitative estimate of drug-likeness (QED) is 0.415. The predicted octanol–water partition coefficient (Wildman–Crippen LogP) is 2.64. The van der Waals surface area contributed by atoms with Crippen molar-refractivity contribution in [3.05, 3.63) is 0 Å². The minimum Gasteiger partial charge on any atom is -0.292 e. The molecule has 1 aliphatic rings. The second-order valence-electron chi connectivity index (χ2n) is 2.94. The van der Waals surface area contributed by atoms with E-state index in [0.29, 0.717) is 0 Å². The molecule has 0 amide bonds. The van der Waals surface area contributed by atoms with Crippen LogP contribution in [0.2, 0.25) is 0 Å². The van der Waals surface area contributed by atoms with Crippen molar-refractivity contribution >= 4 is 22.6 Å². The summed E-state index contributed by atoms with van der Waals surface area (Å²) in [6.45, 7) is 4.94. The van der Waals surface area contributed by atoms with E-state index < -0.39 is 0 Å². The second-order valence-corrected chi connectivity index (χ2v) is 4.38. The largest absolute Gasteiger partial charge is 0.292 e. The molecule has 60 valence electrons. The smallest absolute Gasteiger partial charge is 0.0615 e. The lowest BCUT2D eigenvalue weighted by Gasteiger charge is -2.30. The molecule has 0 aliphatic carbocycles. The third kappa shape index (κ3) is 2.38. The van der Waals surface area contributed by atoms with Gasteiger partial charge in [0.1, 0.15) is 0 Å². The molecule has 1 saturated heterocycles. The maximum absolute atomic E-state index is 2.60. The van der Waals surface area contributed by atoms with E-state index in [1.807, 2.05) is 0 Å². The molecule has 0 aromatic heterocycles. The van der Waals surface area contributed by atoms with Crippen LogP contribution in [0.5, 0.6) is 0 Å².